The van der Waals surface area contributed by atoms with Gasteiger partial charge in [0.15, 0.2) is 9.84 Å². The summed E-state index contributed by atoms with van der Waals surface area (Å²) in [4.78, 5) is 6.12. The van der Waals surface area contributed by atoms with Crippen molar-refractivity contribution in [3.63, 3.8) is 0 Å². The predicted octanol–water partition coefficient (Wildman–Crippen LogP) is 0.577. The number of hydrogen-bond donors (Lipinski definition) is 0. The van der Waals surface area contributed by atoms with Gasteiger partial charge in [0.1, 0.15) is 17.6 Å². The molecular weight excluding hydrogens is 238 g/mol. The summed E-state index contributed by atoms with van der Waals surface area (Å²) in [7, 11) is -2.92. The quantitative estimate of drug-likeness (QED) is 0.729. The molecule has 2 heterocycles. The molecule has 6 heteroatoms. The summed E-state index contributed by atoms with van der Waals surface area (Å²) in [6.07, 6.45) is 0. The highest BCUT2D eigenvalue weighted by Gasteiger charge is 2.28. The monoisotopic (exact) mass is 251 g/mol. The summed E-state index contributed by atoms with van der Waals surface area (Å²) in [6, 6.07) is 7.08. The first-order chi connectivity index (χ1) is 8.02. The fourth-order valence-corrected chi connectivity index (χ4v) is 3.54. The van der Waals surface area contributed by atoms with Crippen molar-refractivity contribution in [2.45, 2.75) is 13.0 Å². The van der Waals surface area contributed by atoms with Crippen LogP contribution >= 0.6 is 0 Å². The van der Waals surface area contributed by atoms with E-state index in [4.69, 9.17) is 5.26 Å². The van der Waals surface area contributed by atoms with Crippen molar-refractivity contribution in [2.24, 2.45) is 0 Å². The van der Waals surface area contributed by atoms with Gasteiger partial charge in [-0.1, -0.05) is 6.07 Å². The van der Waals surface area contributed by atoms with Crippen LogP contribution in [0.1, 0.15) is 12.6 Å². The maximum absolute atomic E-state index is 11.5. The van der Waals surface area contributed by atoms with Crippen LogP contribution in [0.4, 0.5) is 5.82 Å². The van der Waals surface area contributed by atoms with E-state index in [1.807, 2.05) is 17.9 Å². The molecule has 17 heavy (non-hydrogen) atoms. The first-order valence-electron chi connectivity index (χ1n) is 5.36. The van der Waals surface area contributed by atoms with Crippen LogP contribution in [0, 0.1) is 11.3 Å². The Labute approximate surface area is 101 Å². The molecule has 2 rings (SSSR count). The number of nitriles is 1. The zero-order valence-corrected chi connectivity index (χ0v) is 10.3. The molecule has 0 N–H and O–H groups in total. The van der Waals surface area contributed by atoms with Gasteiger partial charge in [-0.2, -0.15) is 5.26 Å². The van der Waals surface area contributed by atoms with Crippen molar-refractivity contribution < 1.29 is 8.42 Å². The molecule has 1 unspecified atom stereocenters. The van der Waals surface area contributed by atoms with Crippen LogP contribution in [0.25, 0.3) is 0 Å². The average Bonchev–Trinajstić information content (AvgIpc) is 2.28. The van der Waals surface area contributed by atoms with Gasteiger partial charge in [0.05, 0.1) is 11.5 Å². The third kappa shape index (κ3) is 2.56. The SMILES string of the molecule is CC1CS(=O)(=O)CCN1c1cccc(C#N)n1. The van der Waals surface area contributed by atoms with E-state index in [2.05, 4.69) is 4.98 Å². The van der Waals surface area contributed by atoms with Crippen molar-refractivity contribution in [2.75, 3.05) is 23.0 Å². The number of sulfone groups is 1. The van der Waals surface area contributed by atoms with Crippen molar-refractivity contribution >= 4 is 15.7 Å². The first kappa shape index (κ1) is 11.9. The lowest BCUT2D eigenvalue weighted by Gasteiger charge is -2.34. The maximum atomic E-state index is 11.5. The average molecular weight is 251 g/mol. The van der Waals surface area contributed by atoms with Crippen LogP contribution in [0.3, 0.4) is 0 Å². The summed E-state index contributed by atoms with van der Waals surface area (Å²) in [5.41, 5.74) is 0.350. The van der Waals surface area contributed by atoms with Crippen molar-refractivity contribution in [1.29, 1.82) is 5.26 Å². The number of anilines is 1. The van der Waals surface area contributed by atoms with Gasteiger partial charge in [-0.25, -0.2) is 13.4 Å². The van der Waals surface area contributed by atoms with Crippen molar-refractivity contribution in [1.82, 2.24) is 4.98 Å². The molecule has 5 nitrogen and oxygen atoms in total. The fourth-order valence-electron chi connectivity index (χ4n) is 1.98. The predicted molar refractivity (Wildman–Crippen MR) is 64.4 cm³/mol. The second-order valence-corrected chi connectivity index (χ2v) is 6.38. The second-order valence-electron chi connectivity index (χ2n) is 4.15. The summed E-state index contributed by atoms with van der Waals surface area (Å²) >= 11 is 0. The Balaban J connectivity index is 2.26. The summed E-state index contributed by atoms with van der Waals surface area (Å²) in [5, 5.41) is 8.78. The lowest BCUT2D eigenvalue weighted by Crippen LogP contribution is -2.47. The highest BCUT2D eigenvalue weighted by Crippen LogP contribution is 2.19. The van der Waals surface area contributed by atoms with Gasteiger partial charge < -0.3 is 4.90 Å². The first-order valence-corrected chi connectivity index (χ1v) is 7.18. The van der Waals surface area contributed by atoms with Crippen LogP contribution in [0.5, 0.6) is 0 Å². The highest BCUT2D eigenvalue weighted by atomic mass is 32.2. The Morgan fingerprint density at radius 2 is 2.29 bits per heavy atom. The molecule has 0 spiro atoms. The van der Waals surface area contributed by atoms with E-state index in [9.17, 15) is 8.42 Å². The molecule has 1 aliphatic heterocycles. The Bertz CT molecular complexity index is 562. The molecule has 1 fully saturated rings. The number of hydrogen-bond acceptors (Lipinski definition) is 5. The van der Waals surface area contributed by atoms with Gasteiger partial charge in [0, 0.05) is 12.6 Å². The molecule has 0 saturated carbocycles. The Hall–Kier alpha value is -1.61. The van der Waals surface area contributed by atoms with Crippen LogP contribution in [-0.2, 0) is 9.84 Å². The standard InChI is InChI=1S/C11H13N3O2S/c1-9-8-17(15,16)6-5-14(9)11-4-2-3-10(7-12)13-11/h2-4,9H,5-6,8H2,1H3. The molecule has 0 aromatic carbocycles. The van der Waals surface area contributed by atoms with Gasteiger partial charge in [-0.05, 0) is 19.1 Å². The van der Waals surface area contributed by atoms with E-state index in [1.165, 1.54) is 0 Å². The normalized spacial score (nSPS) is 23.1. The molecule has 1 aromatic rings. The highest BCUT2D eigenvalue weighted by molar-refractivity contribution is 7.91. The van der Waals surface area contributed by atoms with Gasteiger partial charge in [-0.15, -0.1) is 0 Å². The lowest BCUT2D eigenvalue weighted by molar-refractivity contribution is 0.567. The molecule has 1 atom stereocenters. The second kappa shape index (κ2) is 4.34. The number of pyridine rings is 1. The van der Waals surface area contributed by atoms with E-state index in [-0.39, 0.29) is 17.5 Å². The van der Waals surface area contributed by atoms with Gasteiger partial charge in [0.25, 0.3) is 0 Å². The van der Waals surface area contributed by atoms with Gasteiger partial charge in [-0.3, -0.25) is 0 Å². The van der Waals surface area contributed by atoms with E-state index in [0.29, 0.717) is 18.1 Å². The number of nitrogens with zero attached hydrogens (tertiary/aromatic N) is 3. The van der Waals surface area contributed by atoms with Crippen LogP contribution in [-0.4, -0.2) is 37.5 Å². The molecule has 1 aliphatic rings. The van der Waals surface area contributed by atoms with Crippen molar-refractivity contribution in [3.05, 3.63) is 23.9 Å². The Kier molecular flexibility index (Phi) is 3.03. The van der Waals surface area contributed by atoms with Gasteiger partial charge in [0.2, 0.25) is 0 Å². The van der Waals surface area contributed by atoms with Crippen molar-refractivity contribution in [3.8, 4) is 6.07 Å². The smallest absolute Gasteiger partial charge is 0.154 e. The topological polar surface area (TPSA) is 74.1 Å². The largest absolute Gasteiger partial charge is 0.352 e. The van der Waals surface area contributed by atoms with E-state index in [0.717, 1.165) is 0 Å². The van der Waals surface area contributed by atoms with Crippen LogP contribution in [0.2, 0.25) is 0 Å². The minimum Gasteiger partial charge on any atom is -0.352 e. The summed E-state index contributed by atoms with van der Waals surface area (Å²) < 4.78 is 22.9. The number of rotatable bonds is 1. The van der Waals surface area contributed by atoms with Crippen LogP contribution in [0.15, 0.2) is 18.2 Å². The molecule has 0 bridgehead atoms. The van der Waals surface area contributed by atoms with E-state index >= 15 is 0 Å². The minimum atomic E-state index is -2.92. The van der Waals surface area contributed by atoms with Gasteiger partial charge >= 0.3 is 0 Å². The molecule has 0 radical (unpaired) electrons. The third-order valence-electron chi connectivity index (χ3n) is 2.81. The molecule has 90 valence electrons. The fraction of sp³-hybridized carbons (Fsp3) is 0.455. The summed E-state index contributed by atoms with van der Waals surface area (Å²) in [5.74, 6) is 0.966. The minimum absolute atomic E-state index is 0.102. The molecule has 0 aliphatic carbocycles. The Morgan fingerprint density at radius 3 is 2.94 bits per heavy atom. The maximum Gasteiger partial charge on any atom is 0.154 e. The zero-order valence-electron chi connectivity index (χ0n) is 9.50. The third-order valence-corrected chi connectivity index (χ3v) is 4.61. The zero-order chi connectivity index (χ0) is 12.5. The van der Waals surface area contributed by atoms with E-state index < -0.39 is 9.84 Å². The molecule has 0 amide bonds. The molecule has 1 saturated heterocycles. The number of aromatic nitrogens is 1. The summed E-state index contributed by atoms with van der Waals surface area (Å²) in [6.45, 7) is 2.29. The van der Waals surface area contributed by atoms with Crippen LogP contribution < -0.4 is 4.90 Å². The Morgan fingerprint density at radius 1 is 1.53 bits per heavy atom. The molecule has 1 aromatic heterocycles. The molecular formula is C11H13N3O2S. The lowest BCUT2D eigenvalue weighted by atomic mass is 10.3. The van der Waals surface area contributed by atoms with E-state index in [1.54, 1.807) is 18.2 Å².